The van der Waals surface area contributed by atoms with Crippen molar-refractivity contribution in [2.24, 2.45) is 0 Å². The molecule has 2 rings (SSSR count). The summed E-state index contributed by atoms with van der Waals surface area (Å²) in [5, 5.41) is 0. The highest BCUT2D eigenvalue weighted by Crippen LogP contribution is 2.13. The molecule has 2 aromatic rings. The lowest BCUT2D eigenvalue weighted by molar-refractivity contribution is 0.0957. The lowest BCUT2D eigenvalue weighted by atomic mass is 10.1. The van der Waals surface area contributed by atoms with Crippen LogP contribution >= 0.6 is 0 Å². The summed E-state index contributed by atoms with van der Waals surface area (Å²) in [6.07, 6.45) is 0.195. The standard InChI is InChI=1S/C14H13FO3/c1-17-9-12-6-7-14(18-12)13(16)8-10-2-4-11(15)5-3-10/h2-7H,8-9H2,1H3. The molecule has 1 aromatic heterocycles. The maximum absolute atomic E-state index is 12.7. The van der Waals surface area contributed by atoms with Gasteiger partial charge in [0.2, 0.25) is 5.78 Å². The first-order valence-corrected chi connectivity index (χ1v) is 5.54. The second kappa shape index (κ2) is 5.60. The number of ketones is 1. The van der Waals surface area contributed by atoms with Gasteiger partial charge in [-0.05, 0) is 29.8 Å². The molecule has 0 fully saturated rings. The third kappa shape index (κ3) is 3.05. The molecule has 1 aromatic carbocycles. The predicted octanol–water partition coefficient (Wildman–Crippen LogP) is 2.99. The van der Waals surface area contributed by atoms with Crippen molar-refractivity contribution in [2.45, 2.75) is 13.0 Å². The van der Waals surface area contributed by atoms with Gasteiger partial charge in [-0.25, -0.2) is 4.39 Å². The third-order valence-corrected chi connectivity index (χ3v) is 2.50. The van der Waals surface area contributed by atoms with Gasteiger partial charge in [-0.15, -0.1) is 0 Å². The molecule has 0 saturated heterocycles. The Bertz CT molecular complexity index is 528. The molecule has 0 amide bonds. The number of halogens is 1. The molecule has 0 radical (unpaired) electrons. The molecule has 0 saturated carbocycles. The summed E-state index contributed by atoms with van der Waals surface area (Å²) in [6, 6.07) is 9.18. The minimum Gasteiger partial charge on any atom is -0.456 e. The van der Waals surface area contributed by atoms with Gasteiger partial charge in [0.1, 0.15) is 18.2 Å². The zero-order chi connectivity index (χ0) is 13.0. The van der Waals surface area contributed by atoms with Gasteiger partial charge in [0.05, 0.1) is 0 Å². The fourth-order valence-electron chi connectivity index (χ4n) is 1.62. The van der Waals surface area contributed by atoms with Crippen molar-refractivity contribution in [3.63, 3.8) is 0 Å². The van der Waals surface area contributed by atoms with Crippen molar-refractivity contribution in [1.29, 1.82) is 0 Å². The summed E-state index contributed by atoms with van der Waals surface area (Å²) in [5.74, 6) is 0.460. The number of carbonyl (C=O) groups excluding carboxylic acids is 1. The topological polar surface area (TPSA) is 39.4 Å². The predicted molar refractivity (Wildman–Crippen MR) is 63.9 cm³/mol. The maximum atomic E-state index is 12.7. The molecule has 94 valence electrons. The maximum Gasteiger partial charge on any atom is 0.202 e. The van der Waals surface area contributed by atoms with E-state index < -0.39 is 0 Å². The number of furan rings is 1. The van der Waals surface area contributed by atoms with Gasteiger partial charge < -0.3 is 9.15 Å². The van der Waals surface area contributed by atoms with Crippen molar-refractivity contribution in [3.05, 3.63) is 59.3 Å². The number of hydrogen-bond acceptors (Lipinski definition) is 3. The van der Waals surface area contributed by atoms with E-state index in [1.54, 1.807) is 31.4 Å². The van der Waals surface area contributed by atoms with Crippen LogP contribution in [0.5, 0.6) is 0 Å². The SMILES string of the molecule is COCc1ccc(C(=O)Cc2ccc(F)cc2)o1. The minimum atomic E-state index is -0.313. The second-order valence-corrected chi connectivity index (χ2v) is 3.93. The average molecular weight is 248 g/mol. The highest BCUT2D eigenvalue weighted by Gasteiger charge is 2.12. The Kier molecular flexibility index (Phi) is 3.89. The first-order valence-electron chi connectivity index (χ1n) is 5.54. The normalized spacial score (nSPS) is 10.6. The van der Waals surface area contributed by atoms with Crippen molar-refractivity contribution >= 4 is 5.78 Å². The number of carbonyl (C=O) groups is 1. The molecule has 18 heavy (non-hydrogen) atoms. The minimum absolute atomic E-state index is 0.135. The quantitative estimate of drug-likeness (QED) is 0.763. The number of Topliss-reactive ketones (excluding diaryl/α,β-unsaturated/α-hetero) is 1. The summed E-state index contributed by atoms with van der Waals surface area (Å²) in [4.78, 5) is 11.9. The second-order valence-electron chi connectivity index (χ2n) is 3.93. The number of methoxy groups -OCH3 is 1. The molecule has 0 unspecified atom stereocenters. The van der Waals surface area contributed by atoms with Crippen molar-refractivity contribution < 1.29 is 18.3 Å². The van der Waals surface area contributed by atoms with E-state index in [1.165, 1.54) is 12.1 Å². The molecule has 0 aliphatic heterocycles. The zero-order valence-corrected chi connectivity index (χ0v) is 9.98. The van der Waals surface area contributed by atoms with Crippen LogP contribution in [0.25, 0.3) is 0 Å². The Labute approximate surface area is 104 Å². The lowest BCUT2D eigenvalue weighted by Crippen LogP contribution is -2.02. The number of hydrogen-bond donors (Lipinski definition) is 0. The molecule has 0 aliphatic carbocycles. The van der Waals surface area contributed by atoms with Crippen molar-refractivity contribution in [2.75, 3.05) is 7.11 Å². The number of benzene rings is 1. The van der Waals surface area contributed by atoms with Gasteiger partial charge in [0, 0.05) is 13.5 Å². The third-order valence-electron chi connectivity index (χ3n) is 2.50. The summed E-state index contributed by atoms with van der Waals surface area (Å²) in [6.45, 7) is 0.337. The number of rotatable bonds is 5. The summed E-state index contributed by atoms with van der Waals surface area (Å²) in [7, 11) is 1.56. The zero-order valence-electron chi connectivity index (χ0n) is 9.98. The van der Waals surface area contributed by atoms with Gasteiger partial charge in [-0.1, -0.05) is 12.1 Å². The number of ether oxygens (including phenoxy) is 1. The van der Waals surface area contributed by atoms with Crippen LogP contribution in [0.1, 0.15) is 21.9 Å². The summed E-state index contributed by atoms with van der Waals surface area (Å²) < 4.78 is 23.0. The van der Waals surface area contributed by atoms with E-state index in [0.717, 1.165) is 5.56 Å². The van der Waals surface area contributed by atoms with Crippen LogP contribution in [0, 0.1) is 5.82 Å². The fraction of sp³-hybridized carbons (Fsp3) is 0.214. The van der Waals surface area contributed by atoms with E-state index in [0.29, 0.717) is 18.1 Å². The van der Waals surface area contributed by atoms with E-state index in [9.17, 15) is 9.18 Å². The van der Waals surface area contributed by atoms with Crippen molar-refractivity contribution in [3.8, 4) is 0 Å². The van der Waals surface area contributed by atoms with E-state index in [1.807, 2.05) is 0 Å². The molecular formula is C14H13FO3. The molecule has 1 heterocycles. The Morgan fingerprint density at radius 1 is 1.22 bits per heavy atom. The van der Waals surface area contributed by atoms with Crippen molar-refractivity contribution in [1.82, 2.24) is 0 Å². The Hall–Kier alpha value is -1.94. The molecule has 0 aliphatic rings. The lowest BCUT2D eigenvalue weighted by Gasteiger charge is -1.99. The monoisotopic (exact) mass is 248 g/mol. The van der Waals surface area contributed by atoms with Crippen LogP contribution in [0.3, 0.4) is 0 Å². The Morgan fingerprint density at radius 2 is 1.94 bits per heavy atom. The van der Waals surface area contributed by atoms with Crippen LogP contribution in [-0.2, 0) is 17.8 Å². The molecule has 0 atom stereocenters. The van der Waals surface area contributed by atoms with Gasteiger partial charge in [0.25, 0.3) is 0 Å². The van der Waals surface area contributed by atoms with Gasteiger partial charge in [-0.2, -0.15) is 0 Å². The summed E-state index contributed by atoms with van der Waals surface area (Å²) >= 11 is 0. The molecule has 0 N–H and O–H groups in total. The van der Waals surface area contributed by atoms with E-state index in [2.05, 4.69) is 0 Å². The van der Waals surface area contributed by atoms with E-state index in [-0.39, 0.29) is 18.0 Å². The summed E-state index contributed by atoms with van der Waals surface area (Å²) in [5.41, 5.74) is 0.756. The highest BCUT2D eigenvalue weighted by molar-refractivity contribution is 5.95. The largest absolute Gasteiger partial charge is 0.456 e. The Morgan fingerprint density at radius 3 is 2.61 bits per heavy atom. The fourth-order valence-corrected chi connectivity index (χ4v) is 1.62. The smallest absolute Gasteiger partial charge is 0.202 e. The van der Waals surface area contributed by atoms with Crippen LogP contribution in [-0.4, -0.2) is 12.9 Å². The highest BCUT2D eigenvalue weighted by atomic mass is 19.1. The van der Waals surface area contributed by atoms with E-state index >= 15 is 0 Å². The van der Waals surface area contributed by atoms with Gasteiger partial charge in [-0.3, -0.25) is 4.79 Å². The van der Waals surface area contributed by atoms with Crippen LogP contribution in [0.15, 0.2) is 40.8 Å². The molecular weight excluding hydrogens is 235 g/mol. The molecule has 0 bridgehead atoms. The van der Waals surface area contributed by atoms with Gasteiger partial charge in [0.15, 0.2) is 5.76 Å². The molecule has 3 nitrogen and oxygen atoms in total. The molecule has 4 heteroatoms. The van der Waals surface area contributed by atoms with Gasteiger partial charge >= 0.3 is 0 Å². The first-order chi connectivity index (χ1) is 8.69. The van der Waals surface area contributed by atoms with Crippen LogP contribution in [0.2, 0.25) is 0 Å². The average Bonchev–Trinajstić information content (AvgIpc) is 2.81. The first kappa shape index (κ1) is 12.5. The Balaban J connectivity index is 2.04. The van der Waals surface area contributed by atoms with Crippen LogP contribution < -0.4 is 0 Å². The molecule has 0 spiro atoms. The van der Waals surface area contributed by atoms with Crippen LogP contribution in [0.4, 0.5) is 4.39 Å². The van der Waals surface area contributed by atoms with E-state index in [4.69, 9.17) is 9.15 Å².